The van der Waals surface area contributed by atoms with Crippen molar-refractivity contribution < 1.29 is 9.53 Å². The Morgan fingerprint density at radius 1 is 1.37 bits per heavy atom. The second-order valence-corrected chi connectivity index (χ2v) is 7.24. The first-order chi connectivity index (χ1) is 8.97. The Bertz CT molecular complexity index is 366. The number of hydrogen-bond acceptors (Lipinski definition) is 3. The van der Waals surface area contributed by atoms with Gasteiger partial charge in [0, 0.05) is 11.6 Å². The van der Waals surface area contributed by atoms with E-state index in [4.69, 9.17) is 10.5 Å². The maximum atomic E-state index is 11.8. The van der Waals surface area contributed by atoms with Crippen LogP contribution in [-0.4, -0.2) is 24.3 Å². The zero-order valence-electron chi connectivity index (χ0n) is 12.1. The molecule has 4 rings (SSSR count). The summed E-state index contributed by atoms with van der Waals surface area (Å²) in [4.78, 5) is 11.8. The first kappa shape index (κ1) is 13.2. The molecule has 19 heavy (non-hydrogen) atoms. The van der Waals surface area contributed by atoms with Crippen molar-refractivity contribution in [3.63, 3.8) is 0 Å². The molecule has 4 saturated carbocycles. The number of amides is 1. The SMILES string of the molecule is CCOC(=O)NC12CC3CC(C1)CC(C(C)N)(C3)C2. The van der Waals surface area contributed by atoms with Gasteiger partial charge in [-0.25, -0.2) is 4.79 Å². The highest BCUT2D eigenvalue weighted by atomic mass is 16.5. The van der Waals surface area contributed by atoms with E-state index in [2.05, 4.69) is 12.2 Å². The Morgan fingerprint density at radius 3 is 2.53 bits per heavy atom. The number of nitrogens with one attached hydrogen (secondary N) is 1. The normalized spacial score (nSPS) is 45.0. The summed E-state index contributed by atoms with van der Waals surface area (Å²) in [5, 5.41) is 3.19. The summed E-state index contributed by atoms with van der Waals surface area (Å²) >= 11 is 0. The number of hydrogen-bond donors (Lipinski definition) is 2. The van der Waals surface area contributed by atoms with Crippen molar-refractivity contribution in [2.75, 3.05) is 6.61 Å². The Hall–Kier alpha value is -0.770. The molecule has 3 N–H and O–H groups in total. The van der Waals surface area contributed by atoms with E-state index in [1.54, 1.807) is 0 Å². The van der Waals surface area contributed by atoms with E-state index in [0.717, 1.165) is 31.1 Å². The second-order valence-electron chi connectivity index (χ2n) is 7.24. The van der Waals surface area contributed by atoms with Crippen molar-refractivity contribution in [2.45, 2.75) is 64.0 Å². The van der Waals surface area contributed by atoms with Gasteiger partial charge in [0.05, 0.1) is 6.61 Å². The largest absolute Gasteiger partial charge is 0.450 e. The summed E-state index contributed by atoms with van der Waals surface area (Å²) in [6.45, 7) is 4.43. The van der Waals surface area contributed by atoms with Gasteiger partial charge in [0.2, 0.25) is 0 Å². The molecule has 0 aromatic rings. The third kappa shape index (κ3) is 2.14. The van der Waals surface area contributed by atoms with Crippen molar-refractivity contribution in [2.24, 2.45) is 23.0 Å². The third-order valence-electron chi connectivity index (χ3n) is 5.71. The fraction of sp³-hybridized carbons (Fsp3) is 0.933. The number of rotatable bonds is 3. The fourth-order valence-corrected chi connectivity index (χ4v) is 5.40. The monoisotopic (exact) mass is 266 g/mol. The van der Waals surface area contributed by atoms with Crippen LogP contribution >= 0.6 is 0 Å². The molecule has 108 valence electrons. The smallest absolute Gasteiger partial charge is 0.407 e. The Labute approximate surface area is 115 Å². The molecule has 1 amide bonds. The molecule has 0 saturated heterocycles. The standard InChI is InChI=1S/C15H26N2O2/c1-3-19-13(18)17-15-7-11-4-12(8-15)6-14(5-11,9-15)10(2)16/h10-12H,3-9,16H2,1-2H3,(H,17,18). The van der Waals surface area contributed by atoms with Gasteiger partial charge >= 0.3 is 6.09 Å². The van der Waals surface area contributed by atoms with E-state index in [9.17, 15) is 4.79 Å². The molecule has 0 aromatic heterocycles. The third-order valence-corrected chi connectivity index (χ3v) is 5.71. The fourth-order valence-electron chi connectivity index (χ4n) is 5.40. The average molecular weight is 266 g/mol. The lowest BCUT2D eigenvalue weighted by Crippen LogP contribution is -2.66. The van der Waals surface area contributed by atoms with Gasteiger partial charge in [0.25, 0.3) is 0 Å². The topological polar surface area (TPSA) is 64.3 Å². The minimum absolute atomic E-state index is 0.0377. The summed E-state index contributed by atoms with van der Waals surface area (Å²) in [6, 6.07) is 0.224. The van der Waals surface area contributed by atoms with Crippen LogP contribution in [0.5, 0.6) is 0 Å². The minimum Gasteiger partial charge on any atom is -0.450 e. The van der Waals surface area contributed by atoms with Crippen LogP contribution in [0.25, 0.3) is 0 Å². The highest BCUT2D eigenvalue weighted by Crippen LogP contribution is 2.62. The zero-order chi connectivity index (χ0) is 13.7. The van der Waals surface area contributed by atoms with Crippen molar-refractivity contribution >= 4 is 6.09 Å². The number of carbonyl (C=O) groups excluding carboxylic acids is 1. The molecule has 4 aliphatic rings. The van der Waals surface area contributed by atoms with Gasteiger partial charge in [-0.15, -0.1) is 0 Å². The molecule has 0 aliphatic heterocycles. The molecule has 4 fully saturated rings. The first-order valence-corrected chi connectivity index (χ1v) is 7.67. The summed E-state index contributed by atoms with van der Waals surface area (Å²) < 4.78 is 5.09. The molecule has 0 spiro atoms. The van der Waals surface area contributed by atoms with Crippen LogP contribution in [0.1, 0.15) is 52.4 Å². The van der Waals surface area contributed by atoms with E-state index in [-0.39, 0.29) is 23.1 Å². The molecular weight excluding hydrogens is 240 g/mol. The maximum absolute atomic E-state index is 11.8. The molecule has 4 nitrogen and oxygen atoms in total. The van der Waals surface area contributed by atoms with Gasteiger partial charge in [-0.1, -0.05) is 0 Å². The quantitative estimate of drug-likeness (QED) is 0.824. The van der Waals surface area contributed by atoms with Crippen LogP contribution in [-0.2, 0) is 4.74 Å². The number of carbonyl (C=O) groups is 1. The molecule has 0 heterocycles. The van der Waals surface area contributed by atoms with Gasteiger partial charge < -0.3 is 15.8 Å². The van der Waals surface area contributed by atoms with Gasteiger partial charge in [-0.3, -0.25) is 0 Å². The lowest BCUT2D eigenvalue weighted by molar-refractivity contribution is -0.0888. The van der Waals surface area contributed by atoms with Gasteiger partial charge in [0.15, 0.2) is 0 Å². The lowest BCUT2D eigenvalue weighted by atomic mass is 9.45. The summed E-state index contributed by atoms with van der Waals surface area (Å²) in [6.07, 6.45) is 6.89. The predicted molar refractivity (Wildman–Crippen MR) is 73.7 cm³/mol. The van der Waals surface area contributed by atoms with Crippen LogP contribution in [0, 0.1) is 17.3 Å². The average Bonchev–Trinajstić information content (AvgIpc) is 2.25. The van der Waals surface area contributed by atoms with E-state index < -0.39 is 0 Å². The highest BCUT2D eigenvalue weighted by molar-refractivity contribution is 5.68. The molecular formula is C15H26N2O2. The summed E-state index contributed by atoms with van der Waals surface area (Å²) in [7, 11) is 0. The molecule has 3 unspecified atom stereocenters. The Morgan fingerprint density at radius 2 is 2.00 bits per heavy atom. The molecule has 0 radical (unpaired) electrons. The van der Waals surface area contributed by atoms with Crippen LogP contribution in [0.2, 0.25) is 0 Å². The summed E-state index contributed by atoms with van der Waals surface area (Å²) in [5.41, 5.74) is 6.51. The van der Waals surface area contributed by atoms with E-state index >= 15 is 0 Å². The van der Waals surface area contributed by atoms with Crippen LogP contribution in [0.15, 0.2) is 0 Å². The number of nitrogens with two attached hydrogens (primary N) is 1. The van der Waals surface area contributed by atoms with Gasteiger partial charge in [-0.2, -0.15) is 0 Å². The minimum atomic E-state index is -0.246. The first-order valence-electron chi connectivity index (χ1n) is 7.67. The molecule has 4 heteroatoms. The molecule has 4 aliphatic carbocycles. The molecule has 4 bridgehead atoms. The zero-order valence-corrected chi connectivity index (χ0v) is 12.1. The number of ether oxygens (including phenoxy) is 1. The van der Waals surface area contributed by atoms with E-state index in [1.807, 2.05) is 6.92 Å². The van der Waals surface area contributed by atoms with Crippen LogP contribution in [0.3, 0.4) is 0 Å². The Balaban J connectivity index is 1.81. The molecule has 3 atom stereocenters. The molecule has 0 aromatic carbocycles. The lowest BCUT2D eigenvalue weighted by Gasteiger charge is -2.63. The highest BCUT2D eigenvalue weighted by Gasteiger charge is 2.59. The summed E-state index contributed by atoms with van der Waals surface area (Å²) in [5.74, 6) is 1.49. The van der Waals surface area contributed by atoms with Crippen molar-refractivity contribution in [1.82, 2.24) is 5.32 Å². The predicted octanol–water partition coefficient (Wildman–Crippen LogP) is 2.42. The van der Waals surface area contributed by atoms with Crippen LogP contribution in [0.4, 0.5) is 4.79 Å². The van der Waals surface area contributed by atoms with Crippen molar-refractivity contribution in [3.05, 3.63) is 0 Å². The van der Waals surface area contributed by atoms with E-state index in [0.29, 0.717) is 6.61 Å². The number of alkyl carbamates (subject to hydrolysis) is 1. The Kier molecular flexibility index (Phi) is 3.04. The van der Waals surface area contributed by atoms with Crippen molar-refractivity contribution in [1.29, 1.82) is 0 Å². The van der Waals surface area contributed by atoms with Gasteiger partial charge in [-0.05, 0) is 69.6 Å². The second kappa shape index (κ2) is 4.37. The maximum Gasteiger partial charge on any atom is 0.407 e. The van der Waals surface area contributed by atoms with Crippen molar-refractivity contribution in [3.8, 4) is 0 Å². The van der Waals surface area contributed by atoms with Gasteiger partial charge in [0.1, 0.15) is 0 Å². The van der Waals surface area contributed by atoms with E-state index in [1.165, 1.54) is 19.3 Å². The van der Waals surface area contributed by atoms with Crippen LogP contribution < -0.4 is 11.1 Å².